The van der Waals surface area contributed by atoms with E-state index in [0.29, 0.717) is 0 Å². The first kappa shape index (κ1) is 9.13. The van der Waals surface area contributed by atoms with E-state index in [2.05, 4.69) is 31.5 Å². The van der Waals surface area contributed by atoms with E-state index in [1.54, 1.807) is 0 Å². The maximum atomic E-state index is 6.00. The molecule has 2 heteroatoms. The predicted molar refractivity (Wildman–Crippen MR) is 61.4 cm³/mol. The van der Waals surface area contributed by atoms with Crippen LogP contribution in [0.25, 0.3) is 10.9 Å². The molecule has 0 amide bonds. The Kier molecular flexibility index (Phi) is 1.99. The number of aromatic nitrogens is 1. The molecule has 0 aliphatic carbocycles. The molecule has 0 spiro atoms. The van der Waals surface area contributed by atoms with Gasteiger partial charge in [-0.3, -0.25) is 0 Å². The zero-order valence-electron chi connectivity index (χ0n) is 8.96. The Labute approximate surface area is 84.3 Å². The molecular formula is C12H16N2. The third kappa shape index (κ3) is 1.03. The summed E-state index contributed by atoms with van der Waals surface area (Å²) in [6.45, 7) is 4.33. The first-order chi connectivity index (χ1) is 6.66. The van der Waals surface area contributed by atoms with Crippen molar-refractivity contribution < 1.29 is 0 Å². The van der Waals surface area contributed by atoms with Crippen LogP contribution < -0.4 is 5.73 Å². The highest BCUT2D eigenvalue weighted by molar-refractivity contribution is 5.95. The molecule has 2 nitrogen and oxygen atoms in total. The lowest BCUT2D eigenvalue weighted by molar-refractivity contribution is 0.899. The second-order valence-corrected chi connectivity index (χ2v) is 3.72. The van der Waals surface area contributed by atoms with Crippen molar-refractivity contribution in [2.24, 2.45) is 7.05 Å². The Morgan fingerprint density at radius 2 is 2.07 bits per heavy atom. The van der Waals surface area contributed by atoms with E-state index in [4.69, 9.17) is 5.73 Å². The number of anilines is 1. The van der Waals surface area contributed by atoms with Crippen molar-refractivity contribution in [1.29, 1.82) is 0 Å². The second kappa shape index (κ2) is 3.05. The highest BCUT2D eigenvalue weighted by atomic mass is 14.9. The van der Waals surface area contributed by atoms with Crippen LogP contribution in [0.3, 0.4) is 0 Å². The van der Waals surface area contributed by atoms with Gasteiger partial charge in [-0.1, -0.05) is 13.0 Å². The molecule has 0 aliphatic rings. The number of hydrogen-bond donors (Lipinski definition) is 1. The van der Waals surface area contributed by atoms with Gasteiger partial charge in [0, 0.05) is 23.8 Å². The van der Waals surface area contributed by atoms with Crippen molar-refractivity contribution in [3.05, 3.63) is 29.5 Å². The van der Waals surface area contributed by atoms with Gasteiger partial charge >= 0.3 is 0 Å². The SMILES string of the molecule is CCc1c(C)n(C)c2cccc(N)c12. The van der Waals surface area contributed by atoms with Crippen molar-refractivity contribution in [3.63, 3.8) is 0 Å². The fourth-order valence-corrected chi connectivity index (χ4v) is 2.16. The zero-order valence-corrected chi connectivity index (χ0v) is 8.96. The third-order valence-electron chi connectivity index (χ3n) is 3.03. The molecule has 0 bridgehead atoms. The van der Waals surface area contributed by atoms with E-state index in [1.165, 1.54) is 22.2 Å². The zero-order chi connectivity index (χ0) is 10.3. The highest BCUT2D eigenvalue weighted by Gasteiger charge is 2.11. The first-order valence-corrected chi connectivity index (χ1v) is 4.99. The molecule has 2 rings (SSSR count). The van der Waals surface area contributed by atoms with Crippen molar-refractivity contribution in [2.45, 2.75) is 20.3 Å². The average molecular weight is 188 g/mol. The summed E-state index contributed by atoms with van der Waals surface area (Å²) < 4.78 is 2.21. The van der Waals surface area contributed by atoms with E-state index in [-0.39, 0.29) is 0 Å². The van der Waals surface area contributed by atoms with Crippen LogP contribution in [0.2, 0.25) is 0 Å². The van der Waals surface area contributed by atoms with E-state index >= 15 is 0 Å². The van der Waals surface area contributed by atoms with Gasteiger partial charge in [-0.05, 0) is 31.0 Å². The van der Waals surface area contributed by atoms with Gasteiger partial charge in [-0.25, -0.2) is 0 Å². The van der Waals surface area contributed by atoms with Gasteiger partial charge in [-0.2, -0.15) is 0 Å². The van der Waals surface area contributed by atoms with E-state index in [9.17, 15) is 0 Å². The molecule has 2 aromatic rings. The number of aryl methyl sites for hydroxylation is 2. The number of nitrogen functional groups attached to an aromatic ring is 1. The molecule has 1 heterocycles. The van der Waals surface area contributed by atoms with Gasteiger partial charge in [0.1, 0.15) is 0 Å². The number of nitrogens with two attached hydrogens (primary N) is 1. The molecule has 0 unspecified atom stereocenters. The maximum absolute atomic E-state index is 6.00. The van der Waals surface area contributed by atoms with Crippen molar-refractivity contribution >= 4 is 16.6 Å². The summed E-state index contributed by atoms with van der Waals surface area (Å²) in [5, 5.41) is 1.23. The average Bonchev–Trinajstić information content (AvgIpc) is 2.43. The number of hydrogen-bond acceptors (Lipinski definition) is 1. The molecule has 0 saturated heterocycles. The summed E-state index contributed by atoms with van der Waals surface area (Å²) >= 11 is 0. The van der Waals surface area contributed by atoms with Crippen LogP contribution in [0, 0.1) is 6.92 Å². The topological polar surface area (TPSA) is 30.9 Å². The summed E-state index contributed by atoms with van der Waals surface area (Å²) in [5.74, 6) is 0. The van der Waals surface area contributed by atoms with Gasteiger partial charge in [0.25, 0.3) is 0 Å². The van der Waals surface area contributed by atoms with E-state index in [0.717, 1.165) is 12.1 Å². The highest BCUT2D eigenvalue weighted by Crippen LogP contribution is 2.29. The minimum atomic E-state index is 0.892. The molecule has 0 fully saturated rings. The smallest absolute Gasteiger partial charge is 0.0503 e. The van der Waals surface area contributed by atoms with Crippen LogP contribution in [0.15, 0.2) is 18.2 Å². The summed E-state index contributed by atoms with van der Waals surface area (Å²) in [6.07, 6.45) is 1.04. The molecule has 0 aliphatic heterocycles. The van der Waals surface area contributed by atoms with Crippen molar-refractivity contribution in [1.82, 2.24) is 4.57 Å². The maximum Gasteiger partial charge on any atom is 0.0503 e. The minimum Gasteiger partial charge on any atom is -0.398 e. The largest absolute Gasteiger partial charge is 0.398 e. The summed E-state index contributed by atoms with van der Waals surface area (Å²) in [4.78, 5) is 0. The molecule has 14 heavy (non-hydrogen) atoms. The van der Waals surface area contributed by atoms with Gasteiger partial charge in [0.05, 0.1) is 5.52 Å². The Balaban J connectivity index is 2.96. The number of benzene rings is 1. The molecule has 0 saturated carbocycles. The number of nitrogens with zero attached hydrogens (tertiary/aromatic N) is 1. The van der Waals surface area contributed by atoms with Gasteiger partial charge < -0.3 is 10.3 Å². The van der Waals surface area contributed by atoms with Crippen molar-refractivity contribution in [3.8, 4) is 0 Å². The second-order valence-electron chi connectivity index (χ2n) is 3.72. The van der Waals surface area contributed by atoms with Crippen LogP contribution in [-0.4, -0.2) is 4.57 Å². The lowest BCUT2D eigenvalue weighted by Crippen LogP contribution is -1.91. The molecular weight excluding hydrogens is 172 g/mol. The van der Waals surface area contributed by atoms with Crippen LogP contribution in [0.5, 0.6) is 0 Å². The minimum absolute atomic E-state index is 0.892. The van der Waals surface area contributed by atoms with Crippen LogP contribution in [0.1, 0.15) is 18.2 Å². The van der Waals surface area contributed by atoms with E-state index in [1.807, 2.05) is 12.1 Å². The van der Waals surface area contributed by atoms with Gasteiger partial charge in [-0.15, -0.1) is 0 Å². The Morgan fingerprint density at radius 3 is 2.71 bits per heavy atom. The van der Waals surface area contributed by atoms with Crippen molar-refractivity contribution in [2.75, 3.05) is 5.73 Å². The Hall–Kier alpha value is -1.44. The Morgan fingerprint density at radius 1 is 1.36 bits per heavy atom. The summed E-state index contributed by atoms with van der Waals surface area (Å²) in [5.41, 5.74) is 10.8. The normalized spacial score (nSPS) is 11.1. The van der Waals surface area contributed by atoms with E-state index < -0.39 is 0 Å². The lowest BCUT2D eigenvalue weighted by Gasteiger charge is -1.99. The fourth-order valence-electron chi connectivity index (χ4n) is 2.16. The quantitative estimate of drug-likeness (QED) is 0.685. The molecule has 0 radical (unpaired) electrons. The number of rotatable bonds is 1. The molecule has 0 atom stereocenters. The standard InChI is InChI=1S/C12H16N2/c1-4-9-8(2)14(3)11-7-5-6-10(13)12(9)11/h5-7H,4,13H2,1-3H3. The van der Waals surface area contributed by atoms with Gasteiger partial charge in [0.2, 0.25) is 0 Å². The fraction of sp³-hybridized carbons (Fsp3) is 0.333. The molecule has 2 N–H and O–H groups in total. The van der Waals surface area contributed by atoms with Crippen LogP contribution >= 0.6 is 0 Å². The van der Waals surface area contributed by atoms with Gasteiger partial charge in [0.15, 0.2) is 0 Å². The van der Waals surface area contributed by atoms with Crippen LogP contribution in [0.4, 0.5) is 5.69 Å². The predicted octanol–water partition coefficient (Wildman–Crippen LogP) is 2.63. The third-order valence-corrected chi connectivity index (χ3v) is 3.03. The number of fused-ring (bicyclic) bond motifs is 1. The first-order valence-electron chi connectivity index (χ1n) is 4.99. The monoisotopic (exact) mass is 188 g/mol. The Bertz CT molecular complexity index is 481. The lowest BCUT2D eigenvalue weighted by atomic mass is 10.1. The molecule has 74 valence electrons. The summed E-state index contributed by atoms with van der Waals surface area (Å²) in [6, 6.07) is 6.11. The summed E-state index contributed by atoms with van der Waals surface area (Å²) in [7, 11) is 2.09. The molecule has 1 aromatic heterocycles. The molecule has 1 aromatic carbocycles. The van der Waals surface area contributed by atoms with Crippen LogP contribution in [-0.2, 0) is 13.5 Å².